The Bertz CT molecular complexity index is 2880. The third-order valence-electron chi connectivity index (χ3n) is 13.0. The fourth-order valence-electron chi connectivity index (χ4n) is 10.6. The van der Waals surface area contributed by atoms with Crippen LogP contribution in [0, 0.1) is 0 Å². The quantitative estimate of drug-likeness (QED) is 0.161. The second-order valence-corrected chi connectivity index (χ2v) is 16.2. The molecule has 0 atom stereocenters. The van der Waals surface area contributed by atoms with Crippen LogP contribution in [0.4, 0.5) is 0 Å². The van der Waals surface area contributed by atoms with Crippen LogP contribution in [0.5, 0.6) is 0 Å². The highest BCUT2D eigenvalue weighted by Gasteiger charge is 2.36. The lowest BCUT2D eigenvalue weighted by molar-refractivity contribution is 0.595. The zero-order valence-electron chi connectivity index (χ0n) is 30.3. The molecule has 0 nitrogen and oxygen atoms in total. The molecular weight excluding hydrogens is 625 g/mol. The molecule has 0 saturated carbocycles. The summed E-state index contributed by atoms with van der Waals surface area (Å²) in [5, 5.41) is 10.7. The van der Waals surface area contributed by atoms with Crippen LogP contribution in [-0.2, 0) is 10.8 Å². The van der Waals surface area contributed by atoms with Gasteiger partial charge in [-0.05, 0) is 117 Å². The van der Waals surface area contributed by atoms with Crippen LogP contribution in [0.3, 0.4) is 0 Å². The van der Waals surface area contributed by atoms with E-state index in [4.69, 9.17) is 0 Å². The Morgan fingerprint density at radius 2 is 0.846 bits per heavy atom. The van der Waals surface area contributed by atoms with Crippen molar-refractivity contribution in [2.75, 3.05) is 0 Å². The Morgan fingerprint density at radius 3 is 1.46 bits per heavy atom. The molecule has 0 fully saturated rings. The van der Waals surface area contributed by atoms with E-state index in [0.717, 1.165) is 12.8 Å². The largest absolute Gasteiger partial charge is 0.0836 e. The van der Waals surface area contributed by atoms with Gasteiger partial charge in [0, 0.05) is 10.8 Å². The highest BCUT2D eigenvalue weighted by molar-refractivity contribution is 6.26. The maximum Gasteiger partial charge on any atom is 0.0159 e. The van der Waals surface area contributed by atoms with E-state index in [-0.39, 0.29) is 10.8 Å². The first kappa shape index (κ1) is 30.0. The van der Waals surface area contributed by atoms with Crippen LogP contribution in [0.2, 0.25) is 0 Å². The molecule has 0 heteroatoms. The summed E-state index contributed by atoms with van der Waals surface area (Å²) in [4.78, 5) is 0. The first-order valence-electron chi connectivity index (χ1n) is 18.9. The predicted octanol–water partition coefficient (Wildman–Crippen LogP) is 14.3. The van der Waals surface area contributed by atoms with Crippen LogP contribution < -0.4 is 0 Å². The van der Waals surface area contributed by atoms with E-state index in [9.17, 15) is 0 Å². The third-order valence-corrected chi connectivity index (χ3v) is 13.0. The maximum absolute atomic E-state index is 2.44. The maximum atomic E-state index is 2.44. The monoisotopic (exact) mass is 664 g/mol. The van der Waals surface area contributed by atoms with Crippen molar-refractivity contribution in [3.8, 4) is 33.4 Å². The fourth-order valence-corrected chi connectivity index (χ4v) is 10.6. The van der Waals surface area contributed by atoms with Gasteiger partial charge in [0.2, 0.25) is 0 Å². The number of allylic oxidation sites excluding steroid dienone is 4. The number of rotatable bonds is 2. The SMILES string of the molecule is CC1(C)C2=C(C=CCC2)c2ccc(-c3c4ccccc4c(-c4ccc5c6c(cccc46)C(C)(C)c4ccccc4-5)c4ccccc34)c3cccc1c23. The molecule has 0 radical (unpaired) electrons. The first-order chi connectivity index (χ1) is 25.4. The molecular formula is C52H40. The minimum Gasteiger partial charge on any atom is -0.0836 e. The number of fused-ring (bicyclic) bond motifs is 5. The first-order valence-corrected chi connectivity index (χ1v) is 18.9. The van der Waals surface area contributed by atoms with E-state index in [1.807, 2.05) is 0 Å². The molecule has 0 aromatic heterocycles. The molecule has 0 saturated heterocycles. The summed E-state index contributed by atoms with van der Waals surface area (Å²) < 4.78 is 0. The zero-order valence-corrected chi connectivity index (χ0v) is 30.3. The second kappa shape index (κ2) is 10.4. The zero-order chi connectivity index (χ0) is 34.9. The molecule has 0 aliphatic heterocycles. The van der Waals surface area contributed by atoms with Crippen molar-refractivity contribution in [1.29, 1.82) is 0 Å². The normalized spacial score (nSPS) is 16.5. The molecule has 8 aromatic rings. The average Bonchev–Trinajstić information content (AvgIpc) is 3.18. The lowest BCUT2D eigenvalue weighted by atomic mass is 9.65. The fraction of sp³-hybridized carbons (Fsp3) is 0.154. The molecule has 3 aliphatic carbocycles. The van der Waals surface area contributed by atoms with E-state index in [0.29, 0.717) is 0 Å². The third kappa shape index (κ3) is 3.77. The standard InChI is InChI=1S/C52H40/c1-51(2)43-23-11-9-15-31(43)39-27-29-41(37-21-13-25-45(51)49(37)39)47-33-17-5-7-19-35(33)48(36-20-8-6-18-34(36)47)42-30-28-40-32-16-10-12-24-44(32)52(3,4)46-26-14-22-38(42)50(40)46/h5-11,13-23,25-30H,12,24H2,1-4H3. The van der Waals surface area contributed by atoms with Gasteiger partial charge in [-0.15, -0.1) is 0 Å². The molecule has 0 amide bonds. The van der Waals surface area contributed by atoms with E-state index < -0.39 is 0 Å². The Labute approximate surface area is 305 Å². The molecule has 8 aromatic carbocycles. The summed E-state index contributed by atoms with van der Waals surface area (Å²) in [6, 6.07) is 51.0. The van der Waals surface area contributed by atoms with E-state index in [1.165, 1.54) is 104 Å². The average molecular weight is 665 g/mol. The van der Waals surface area contributed by atoms with Crippen LogP contribution >= 0.6 is 0 Å². The number of hydrogen-bond acceptors (Lipinski definition) is 0. The Kier molecular flexibility index (Phi) is 6.01. The van der Waals surface area contributed by atoms with Gasteiger partial charge in [-0.25, -0.2) is 0 Å². The smallest absolute Gasteiger partial charge is 0.0159 e. The summed E-state index contributed by atoms with van der Waals surface area (Å²) in [5.41, 5.74) is 16.5. The second-order valence-electron chi connectivity index (χ2n) is 16.2. The Hall–Kier alpha value is -5.72. The molecule has 0 spiro atoms. The van der Waals surface area contributed by atoms with Crippen LogP contribution in [-0.4, -0.2) is 0 Å². The van der Waals surface area contributed by atoms with E-state index >= 15 is 0 Å². The number of benzene rings is 8. The molecule has 11 rings (SSSR count). The van der Waals surface area contributed by atoms with Gasteiger partial charge in [-0.2, -0.15) is 0 Å². The molecule has 0 heterocycles. The molecule has 52 heavy (non-hydrogen) atoms. The van der Waals surface area contributed by atoms with Gasteiger partial charge in [0.15, 0.2) is 0 Å². The van der Waals surface area contributed by atoms with E-state index in [2.05, 4.69) is 173 Å². The van der Waals surface area contributed by atoms with Gasteiger partial charge < -0.3 is 0 Å². The van der Waals surface area contributed by atoms with Crippen molar-refractivity contribution in [3.05, 3.63) is 173 Å². The van der Waals surface area contributed by atoms with Crippen molar-refractivity contribution in [3.63, 3.8) is 0 Å². The summed E-state index contributed by atoms with van der Waals surface area (Å²) in [5.74, 6) is 0. The van der Waals surface area contributed by atoms with E-state index in [1.54, 1.807) is 5.57 Å². The van der Waals surface area contributed by atoms with Gasteiger partial charge in [0.1, 0.15) is 0 Å². The van der Waals surface area contributed by atoms with Crippen molar-refractivity contribution in [2.45, 2.75) is 51.4 Å². The van der Waals surface area contributed by atoms with Crippen molar-refractivity contribution >= 4 is 48.7 Å². The van der Waals surface area contributed by atoms with Crippen molar-refractivity contribution < 1.29 is 0 Å². The van der Waals surface area contributed by atoms with Gasteiger partial charge >= 0.3 is 0 Å². The minimum atomic E-state index is -0.0941. The topological polar surface area (TPSA) is 0 Å². The van der Waals surface area contributed by atoms with Gasteiger partial charge in [0.25, 0.3) is 0 Å². The lowest BCUT2D eigenvalue weighted by Crippen LogP contribution is -2.26. The molecule has 0 N–H and O–H groups in total. The highest BCUT2D eigenvalue weighted by atomic mass is 14.4. The molecule has 3 aliphatic rings. The van der Waals surface area contributed by atoms with Crippen LogP contribution in [0.1, 0.15) is 62.8 Å². The summed E-state index contributed by atoms with van der Waals surface area (Å²) in [6.07, 6.45) is 7.02. The highest BCUT2D eigenvalue weighted by Crippen LogP contribution is 2.55. The molecule has 0 bridgehead atoms. The van der Waals surface area contributed by atoms with Crippen molar-refractivity contribution in [2.24, 2.45) is 0 Å². The van der Waals surface area contributed by atoms with Gasteiger partial charge in [-0.1, -0.05) is 179 Å². The summed E-state index contributed by atoms with van der Waals surface area (Å²) in [6.45, 7) is 9.65. The Morgan fingerprint density at radius 1 is 0.385 bits per heavy atom. The predicted molar refractivity (Wildman–Crippen MR) is 223 cm³/mol. The van der Waals surface area contributed by atoms with Crippen LogP contribution in [0.25, 0.3) is 82.0 Å². The summed E-state index contributed by atoms with van der Waals surface area (Å²) in [7, 11) is 0. The van der Waals surface area contributed by atoms with Crippen LogP contribution in [0.15, 0.2) is 151 Å². The Balaban J connectivity index is 1.24. The lowest BCUT2D eigenvalue weighted by Gasteiger charge is -2.38. The molecule has 0 unspecified atom stereocenters. The molecule has 248 valence electrons. The number of hydrogen-bond donors (Lipinski definition) is 0. The van der Waals surface area contributed by atoms with Gasteiger partial charge in [0.05, 0.1) is 0 Å². The van der Waals surface area contributed by atoms with Gasteiger partial charge in [-0.3, -0.25) is 0 Å². The minimum absolute atomic E-state index is 0.0110. The van der Waals surface area contributed by atoms with Crippen molar-refractivity contribution in [1.82, 2.24) is 0 Å². The summed E-state index contributed by atoms with van der Waals surface area (Å²) >= 11 is 0.